The number of hydrogen-bond acceptors (Lipinski definition) is 2. The fourth-order valence-electron chi connectivity index (χ4n) is 2.71. The Labute approximate surface area is 96.8 Å². The Balaban J connectivity index is 1.71. The summed E-state index contributed by atoms with van der Waals surface area (Å²) in [6.45, 7) is 2.96. The molecule has 0 amide bonds. The molecule has 1 atom stereocenters. The first-order valence-corrected chi connectivity index (χ1v) is 6.17. The number of aryl methyl sites for hydroxylation is 1. The monoisotopic (exact) mass is 217 g/mol. The molecule has 1 aliphatic heterocycles. The normalized spacial score (nSPS) is 25.0. The van der Waals surface area contributed by atoms with Crippen molar-refractivity contribution in [1.82, 2.24) is 0 Å². The molecule has 1 aromatic rings. The van der Waals surface area contributed by atoms with Gasteiger partial charge in [-0.2, -0.15) is 0 Å². The highest BCUT2D eigenvalue weighted by Crippen LogP contribution is 2.50. The summed E-state index contributed by atoms with van der Waals surface area (Å²) in [5, 5.41) is 0. The molecule has 1 saturated carbocycles. The van der Waals surface area contributed by atoms with E-state index in [1.54, 1.807) is 0 Å². The lowest BCUT2D eigenvalue weighted by Crippen LogP contribution is -2.24. The summed E-state index contributed by atoms with van der Waals surface area (Å²) in [7, 11) is 0. The molecular formula is C14H19NO. The molecule has 86 valence electrons. The summed E-state index contributed by atoms with van der Waals surface area (Å²) in [4.78, 5) is 0. The lowest BCUT2D eigenvalue weighted by atomic mass is 9.96. The third-order valence-electron chi connectivity index (χ3n) is 4.01. The molecule has 0 aromatic heterocycles. The highest BCUT2D eigenvalue weighted by Gasteiger charge is 2.44. The Morgan fingerprint density at radius 1 is 1.44 bits per heavy atom. The zero-order chi connectivity index (χ0) is 11.2. The van der Waals surface area contributed by atoms with Gasteiger partial charge in [0.05, 0.1) is 0 Å². The molecule has 0 radical (unpaired) electrons. The average Bonchev–Trinajstić information content (AvgIpc) is 2.92. The van der Waals surface area contributed by atoms with Crippen LogP contribution in [0.25, 0.3) is 0 Å². The Kier molecular flexibility index (Phi) is 2.21. The molecule has 1 fully saturated rings. The number of fused-ring (bicyclic) bond motifs is 1. The van der Waals surface area contributed by atoms with Crippen LogP contribution in [0.5, 0.6) is 5.75 Å². The van der Waals surface area contributed by atoms with E-state index in [-0.39, 0.29) is 0 Å². The number of hydrogen-bond donors (Lipinski definition) is 1. The minimum absolute atomic E-state index is 0.364. The number of rotatable bonds is 3. The van der Waals surface area contributed by atoms with E-state index < -0.39 is 0 Å². The van der Waals surface area contributed by atoms with Crippen molar-refractivity contribution in [3.05, 3.63) is 29.3 Å². The SMILES string of the molecule is Cc1ccc2c(c1)CC(CC1(CN)CC1)O2. The second-order valence-electron chi connectivity index (χ2n) is 5.46. The number of nitrogens with two attached hydrogens (primary N) is 1. The molecule has 0 spiro atoms. The molecule has 1 unspecified atom stereocenters. The van der Waals surface area contributed by atoms with E-state index >= 15 is 0 Å². The maximum Gasteiger partial charge on any atom is 0.123 e. The molecule has 2 nitrogen and oxygen atoms in total. The van der Waals surface area contributed by atoms with Crippen molar-refractivity contribution in [3.8, 4) is 5.75 Å². The van der Waals surface area contributed by atoms with E-state index in [0.29, 0.717) is 11.5 Å². The van der Waals surface area contributed by atoms with Crippen LogP contribution in [0.2, 0.25) is 0 Å². The highest BCUT2D eigenvalue weighted by atomic mass is 16.5. The van der Waals surface area contributed by atoms with Crippen LogP contribution in [0.15, 0.2) is 18.2 Å². The third kappa shape index (κ3) is 1.71. The molecule has 3 rings (SSSR count). The van der Waals surface area contributed by atoms with Crippen molar-refractivity contribution < 1.29 is 4.74 Å². The van der Waals surface area contributed by atoms with Gasteiger partial charge in [0.2, 0.25) is 0 Å². The molecule has 1 aromatic carbocycles. The first-order chi connectivity index (χ1) is 7.71. The van der Waals surface area contributed by atoms with Gasteiger partial charge in [0.15, 0.2) is 0 Å². The van der Waals surface area contributed by atoms with Crippen LogP contribution in [0.3, 0.4) is 0 Å². The van der Waals surface area contributed by atoms with Crippen molar-refractivity contribution in [2.45, 2.75) is 38.7 Å². The van der Waals surface area contributed by atoms with Crippen LogP contribution in [0, 0.1) is 12.3 Å². The number of ether oxygens (including phenoxy) is 1. The van der Waals surface area contributed by atoms with E-state index in [4.69, 9.17) is 10.5 Å². The van der Waals surface area contributed by atoms with Gasteiger partial charge in [-0.25, -0.2) is 0 Å². The smallest absolute Gasteiger partial charge is 0.123 e. The van der Waals surface area contributed by atoms with Gasteiger partial charge in [0.1, 0.15) is 11.9 Å². The maximum absolute atomic E-state index is 5.98. The van der Waals surface area contributed by atoms with Crippen LogP contribution >= 0.6 is 0 Å². The van der Waals surface area contributed by atoms with Crippen molar-refractivity contribution in [3.63, 3.8) is 0 Å². The summed E-state index contributed by atoms with van der Waals surface area (Å²) in [6, 6.07) is 6.47. The second-order valence-corrected chi connectivity index (χ2v) is 5.46. The molecule has 1 aliphatic carbocycles. The molecule has 0 saturated heterocycles. The Bertz CT molecular complexity index is 409. The fraction of sp³-hybridized carbons (Fsp3) is 0.571. The molecule has 2 heteroatoms. The molecule has 16 heavy (non-hydrogen) atoms. The Morgan fingerprint density at radius 2 is 2.25 bits per heavy atom. The van der Waals surface area contributed by atoms with Gasteiger partial charge in [-0.05, 0) is 49.8 Å². The van der Waals surface area contributed by atoms with Gasteiger partial charge < -0.3 is 10.5 Å². The largest absolute Gasteiger partial charge is 0.490 e. The minimum Gasteiger partial charge on any atom is -0.490 e. The summed E-state index contributed by atoms with van der Waals surface area (Å²) < 4.78 is 5.98. The van der Waals surface area contributed by atoms with E-state index in [9.17, 15) is 0 Å². The van der Waals surface area contributed by atoms with Crippen LogP contribution in [-0.2, 0) is 6.42 Å². The van der Waals surface area contributed by atoms with E-state index in [1.807, 2.05) is 0 Å². The lowest BCUT2D eigenvalue weighted by molar-refractivity contribution is 0.188. The zero-order valence-electron chi connectivity index (χ0n) is 9.83. The average molecular weight is 217 g/mol. The molecule has 0 bridgehead atoms. The van der Waals surface area contributed by atoms with Crippen LogP contribution in [0.4, 0.5) is 0 Å². The van der Waals surface area contributed by atoms with Gasteiger partial charge >= 0.3 is 0 Å². The second kappa shape index (κ2) is 3.49. The highest BCUT2D eigenvalue weighted by molar-refractivity contribution is 5.40. The predicted molar refractivity (Wildman–Crippen MR) is 64.6 cm³/mol. The minimum atomic E-state index is 0.364. The molecule has 2 aliphatic rings. The van der Waals surface area contributed by atoms with Crippen molar-refractivity contribution >= 4 is 0 Å². The summed E-state index contributed by atoms with van der Waals surface area (Å²) in [5.74, 6) is 1.09. The number of benzene rings is 1. The van der Waals surface area contributed by atoms with Crippen LogP contribution in [0.1, 0.15) is 30.4 Å². The first kappa shape index (κ1) is 10.2. The summed E-state index contributed by atoms with van der Waals surface area (Å²) in [6.07, 6.45) is 5.15. The van der Waals surface area contributed by atoms with Gasteiger partial charge in [-0.3, -0.25) is 0 Å². The summed E-state index contributed by atoms with van der Waals surface area (Å²) in [5.41, 5.74) is 8.93. The van der Waals surface area contributed by atoms with Gasteiger partial charge in [0, 0.05) is 6.42 Å². The van der Waals surface area contributed by atoms with E-state index in [2.05, 4.69) is 25.1 Å². The third-order valence-corrected chi connectivity index (χ3v) is 4.01. The van der Waals surface area contributed by atoms with Crippen LogP contribution in [-0.4, -0.2) is 12.6 Å². The Morgan fingerprint density at radius 3 is 2.94 bits per heavy atom. The van der Waals surface area contributed by atoms with E-state index in [0.717, 1.165) is 25.1 Å². The fourth-order valence-corrected chi connectivity index (χ4v) is 2.71. The quantitative estimate of drug-likeness (QED) is 0.844. The van der Waals surface area contributed by atoms with Crippen molar-refractivity contribution in [2.24, 2.45) is 11.1 Å². The summed E-state index contributed by atoms with van der Waals surface area (Å²) >= 11 is 0. The van der Waals surface area contributed by atoms with Crippen LogP contribution < -0.4 is 10.5 Å². The van der Waals surface area contributed by atoms with Gasteiger partial charge in [-0.1, -0.05) is 17.7 Å². The lowest BCUT2D eigenvalue weighted by Gasteiger charge is -2.17. The maximum atomic E-state index is 5.98. The predicted octanol–water partition coefficient (Wildman–Crippen LogP) is 2.43. The molecule has 2 N–H and O–H groups in total. The van der Waals surface area contributed by atoms with Crippen molar-refractivity contribution in [2.75, 3.05) is 6.54 Å². The topological polar surface area (TPSA) is 35.2 Å². The van der Waals surface area contributed by atoms with E-state index in [1.165, 1.54) is 24.0 Å². The van der Waals surface area contributed by atoms with Crippen molar-refractivity contribution in [1.29, 1.82) is 0 Å². The Hall–Kier alpha value is -1.02. The van der Waals surface area contributed by atoms with Gasteiger partial charge in [0.25, 0.3) is 0 Å². The molecule has 1 heterocycles. The zero-order valence-corrected chi connectivity index (χ0v) is 9.83. The first-order valence-electron chi connectivity index (χ1n) is 6.17. The molecular weight excluding hydrogens is 198 g/mol. The van der Waals surface area contributed by atoms with Gasteiger partial charge in [-0.15, -0.1) is 0 Å². The standard InChI is InChI=1S/C14H19NO/c1-10-2-3-13-11(6-10)7-12(16-13)8-14(9-15)4-5-14/h2-3,6,12H,4-5,7-9,15H2,1H3.